The van der Waals surface area contributed by atoms with E-state index in [9.17, 15) is 27.1 Å². The first-order valence-corrected chi connectivity index (χ1v) is 7.74. The van der Waals surface area contributed by atoms with Crippen LogP contribution in [-0.2, 0) is 16.1 Å². The molecule has 0 spiro atoms. The summed E-state index contributed by atoms with van der Waals surface area (Å²) in [4.78, 5) is 26.8. The van der Waals surface area contributed by atoms with Gasteiger partial charge >= 0.3 is 0 Å². The normalized spacial score (nSPS) is 11.5. The third-order valence-electron chi connectivity index (χ3n) is 2.85. The Morgan fingerprint density at radius 1 is 1.16 bits per heavy atom. The molecular weight excluding hydrogens is 358 g/mol. The van der Waals surface area contributed by atoms with Crippen LogP contribution in [0.5, 0.6) is 0 Å². The predicted octanol–water partition coefficient (Wildman–Crippen LogP) is 1.78. The number of rotatable bonds is 5. The molecule has 2 amide bonds. The summed E-state index contributed by atoms with van der Waals surface area (Å²) in [6.45, 7) is 1.28. The van der Waals surface area contributed by atoms with Gasteiger partial charge in [0.2, 0.25) is 5.91 Å². The van der Waals surface area contributed by atoms with Crippen molar-refractivity contribution in [1.82, 2.24) is 4.98 Å². The zero-order chi connectivity index (χ0) is 18.6. The van der Waals surface area contributed by atoms with Crippen LogP contribution in [0, 0.1) is 11.6 Å². The Morgan fingerprint density at radius 2 is 1.88 bits per heavy atom. The highest BCUT2D eigenvalue weighted by atomic mass is 32.2. The van der Waals surface area contributed by atoms with Crippen LogP contribution in [0.2, 0.25) is 0 Å². The van der Waals surface area contributed by atoms with Crippen molar-refractivity contribution in [3.63, 3.8) is 0 Å². The van der Waals surface area contributed by atoms with Crippen LogP contribution in [0.25, 0.3) is 0 Å². The fourth-order valence-corrected chi connectivity index (χ4v) is 2.14. The minimum atomic E-state index is -2.82. The van der Waals surface area contributed by atoms with E-state index in [0.717, 1.165) is 18.3 Å². The molecule has 11 heteroatoms. The van der Waals surface area contributed by atoms with E-state index in [0.29, 0.717) is 0 Å². The number of nitrogens with one attached hydrogen (secondary N) is 3. The molecule has 1 heterocycles. The zero-order valence-corrected chi connectivity index (χ0v) is 13.4. The smallest absolute Gasteiger partial charge is 0.257 e. The standard InChI is InChI=1S/C14H12F2N4O4S/c1-7(21)18-11-5-2-8(6-17-11)14(22)19-13-9(15)3-4-10(12(13)16)20-25(23)24/h2-6,20H,1H3,(H,19,22)(H,23,24)(H,17,18,21)/p-1. The number of aromatic nitrogens is 1. The largest absolute Gasteiger partial charge is 0.755 e. The second kappa shape index (κ2) is 7.77. The lowest BCUT2D eigenvalue weighted by molar-refractivity contribution is -0.114. The van der Waals surface area contributed by atoms with Gasteiger partial charge in [0.25, 0.3) is 5.91 Å². The zero-order valence-electron chi connectivity index (χ0n) is 12.6. The molecule has 25 heavy (non-hydrogen) atoms. The Bertz CT molecular complexity index is 845. The average Bonchev–Trinajstić information content (AvgIpc) is 2.54. The molecule has 0 saturated heterocycles. The van der Waals surface area contributed by atoms with Crippen molar-refractivity contribution < 1.29 is 27.1 Å². The van der Waals surface area contributed by atoms with Gasteiger partial charge in [0.15, 0.2) is 5.82 Å². The highest BCUT2D eigenvalue weighted by molar-refractivity contribution is 7.80. The molecule has 0 aliphatic carbocycles. The fourth-order valence-electron chi connectivity index (χ4n) is 1.80. The number of carbonyl (C=O) groups is 2. The minimum Gasteiger partial charge on any atom is -0.755 e. The molecule has 0 saturated carbocycles. The minimum absolute atomic E-state index is 0.0290. The molecule has 1 aromatic carbocycles. The molecule has 3 N–H and O–H groups in total. The Balaban J connectivity index is 2.22. The molecular formula is C14H11F2N4O4S-. The van der Waals surface area contributed by atoms with E-state index >= 15 is 0 Å². The lowest BCUT2D eigenvalue weighted by atomic mass is 10.2. The number of carbonyl (C=O) groups excluding carboxylic acids is 2. The van der Waals surface area contributed by atoms with Crippen LogP contribution < -0.4 is 15.4 Å². The van der Waals surface area contributed by atoms with Gasteiger partial charge in [-0.25, -0.2) is 13.8 Å². The highest BCUT2D eigenvalue weighted by Crippen LogP contribution is 2.26. The molecule has 1 atom stereocenters. The first-order valence-electron chi connectivity index (χ1n) is 6.67. The van der Waals surface area contributed by atoms with E-state index in [2.05, 4.69) is 10.3 Å². The molecule has 1 unspecified atom stereocenters. The number of anilines is 3. The molecule has 0 radical (unpaired) electrons. The SMILES string of the molecule is CC(=O)Nc1ccc(C(=O)Nc2c(F)ccc(NS(=O)[O-])c2F)cn1. The number of hydrogen-bond donors (Lipinski definition) is 3. The summed E-state index contributed by atoms with van der Waals surface area (Å²) in [5, 5.41) is 4.41. The van der Waals surface area contributed by atoms with Crippen LogP contribution in [0.1, 0.15) is 17.3 Å². The topological polar surface area (TPSA) is 123 Å². The van der Waals surface area contributed by atoms with Gasteiger partial charge in [-0.05, 0) is 24.3 Å². The molecule has 0 aliphatic heterocycles. The van der Waals surface area contributed by atoms with Gasteiger partial charge in [-0.3, -0.25) is 13.8 Å². The van der Waals surface area contributed by atoms with Crippen molar-refractivity contribution in [3.8, 4) is 0 Å². The second-order valence-electron chi connectivity index (χ2n) is 4.69. The van der Waals surface area contributed by atoms with Gasteiger partial charge in [-0.15, -0.1) is 0 Å². The molecule has 0 bridgehead atoms. The van der Waals surface area contributed by atoms with Crippen molar-refractivity contribution in [3.05, 3.63) is 47.7 Å². The lowest BCUT2D eigenvalue weighted by Crippen LogP contribution is -2.16. The third-order valence-corrected chi connectivity index (χ3v) is 3.24. The van der Waals surface area contributed by atoms with Crippen LogP contribution in [-0.4, -0.2) is 25.6 Å². The first-order chi connectivity index (χ1) is 11.8. The summed E-state index contributed by atoms with van der Waals surface area (Å²) in [6.07, 6.45) is 1.10. The summed E-state index contributed by atoms with van der Waals surface area (Å²) in [5.74, 6) is -3.39. The Morgan fingerprint density at radius 3 is 2.44 bits per heavy atom. The summed E-state index contributed by atoms with van der Waals surface area (Å²) < 4.78 is 50.8. The van der Waals surface area contributed by atoms with Crippen LogP contribution >= 0.6 is 0 Å². The number of halogens is 2. The maximum atomic E-state index is 14.1. The van der Waals surface area contributed by atoms with E-state index in [4.69, 9.17) is 0 Å². The lowest BCUT2D eigenvalue weighted by Gasteiger charge is -2.13. The molecule has 2 aromatic rings. The Kier molecular flexibility index (Phi) is 5.72. The summed E-state index contributed by atoms with van der Waals surface area (Å²) in [6, 6.07) is 4.30. The molecule has 132 valence electrons. The molecule has 1 aromatic heterocycles. The molecule has 0 fully saturated rings. The quantitative estimate of drug-likeness (QED) is 0.693. The predicted molar refractivity (Wildman–Crippen MR) is 85.4 cm³/mol. The second-order valence-corrected chi connectivity index (χ2v) is 5.36. The van der Waals surface area contributed by atoms with Crippen molar-refractivity contribution in [1.29, 1.82) is 0 Å². The van der Waals surface area contributed by atoms with Gasteiger partial charge in [0.1, 0.15) is 17.3 Å². The molecule has 0 aliphatic rings. The van der Waals surface area contributed by atoms with Crippen molar-refractivity contribution >= 4 is 40.3 Å². The van der Waals surface area contributed by atoms with Crippen molar-refractivity contribution in [2.45, 2.75) is 6.92 Å². The summed E-state index contributed by atoms with van der Waals surface area (Å²) >= 11 is -2.82. The number of nitrogens with zero attached hydrogens (tertiary/aromatic N) is 1. The van der Waals surface area contributed by atoms with Crippen LogP contribution in [0.3, 0.4) is 0 Å². The molecule has 2 rings (SSSR count). The van der Waals surface area contributed by atoms with Gasteiger partial charge in [-0.1, -0.05) is 0 Å². The summed E-state index contributed by atoms with van der Waals surface area (Å²) in [7, 11) is 0. The maximum absolute atomic E-state index is 14.1. The monoisotopic (exact) mass is 369 g/mol. The van der Waals surface area contributed by atoms with Gasteiger partial charge in [0, 0.05) is 24.4 Å². The first kappa shape index (κ1) is 18.4. The van der Waals surface area contributed by atoms with E-state index in [1.165, 1.54) is 19.1 Å². The molecule has 8 nitrogen and oxygen atoms in total. The van der Waals surface area contributed by atoms with Gasteiger partial charge in [-0.2, -0.15) is 0 Å². The fraction of sp³-hybridized carbons (Fsp3) is 0.0714. The Labute approximate surface area is 143 Å². The van der Waals surface area contributed by atoms with Crippen molar-refractivity contribution in [2.24, 2.45) is 0 Å². The maximum Gasteiger partial charge on any atom is 0.257 e. The van der Waals surface area contributed by atoms with Crippen molar-refractivity contribution in [2.75, 3.05) is 15.4 Å². The average molecular weight is 369 g/mol. The third kappa shape index (κ3) is 4.78. The summed E-state index contributed by atoms with van der Waals surface area (Å²) in [5.41, 5.74) is -1.37. The van der Waals surface area contributed by atoms with E-state index in [1.54, 1.807) is 4.72 Å². The number of pyridine rings is 1. The Hall–Kier alpha value is -2.92. The number of benzene rings is 1. The van der Waals surface area contributed by atoms with Gasteiger partial charge < -0.3 is 19.9 Å². The highest BCUT2D eigenvalue weighted by Gasteiger charge is 2.17. The van der Waals surface area contributed by atoms with Gasteiger partial charge in [0.05, 0.1) is 11.3 Å². The number of hydrogen-bond acceptors (Lipinski definition) is 5. The van der Waals surface area contributed by atoms with E-state index in [1.807, 2.05) is 5.32 Å². The number of amides is 2. The van der Waals surface area contributed by atoms with Crippen LogP contribution in [0.15, 0.2) is 30.5 Å². The van der Waals surface area contributed by atoms with Crippen LogP contribution in [0.4, 0.5) is 26.0 Å². The van der Waals surface area contributed by atoms with E-state index in [-0.39, 0.29) is 17.3 Å². The van der Waals surface area contributed by atoms with E-state index < -0.39 is 40.2 Å².